The Morgan fingerprint density at radius 3 is 2.17 bits per heavy atom. The summed E-state index contributed by atoms with van der Waals surface area (Å²) in [5, 5.41) is 2.70. The number of amides is 3. The number of carbonyl (C=O) groups is 2. The van der Waals surface area contributed by atoms with Crippen molar-refractivity contribution in [1.29, 1.82) is 0 Å². The molecule has 2 aromatic rings. The molecule has 2 fully saturated rings. The summed E-state index contributed by atoms with van der Waals surface area (Å²) >= 11 is 0. The van der Waals surface area contributed by atoms with Gasteiger partial charge in [-0.05, 0) is 77.1 Å². The number of carbonyl (C=O) groups excluding carboxylic acids is 2. The highest BCUT2D eigenvalue weighted by atomic mass is 16.2. The van der Waals surface area contributed by atoms with Gasteiger partial charge in [0.1, 0.15) is 5.82 Å². The fourth-order valence-corrected chi connectivity index (χ4v) is 5.52. The average molecular weight is 553 g/mol. The molecule has 1 aromatic carbocycles. The molecule has 1 aromatic heterocycles. The van der Waals surface area contributed by atoms with Crippen molar-refractivity contribution in [3.05, 3.63) is 52.6 Å². The minimum atomic E-state index is -0.947. The van der Waals surface area contributed by atoms with Crippen LogP contribution in [0.4, 0.5) is 10.6 Å². The second-order valence-corrected chi connectivity index (χ2v) is 11.9. The average Bonchev–Trinajstić information content (AvgIpc) is 2.92. The van der Waals surface area contributed by atoms with Gasteiger partial charge in [-0.2, -0.15) is 4.98 Å². The number of hydrogen-bond acceptors (Lipinski definition) is 7. The second-order valence-electron chi connectivity index (χ2n) is 11.9. The Labute approximate surface area is 236 Å². The maximum Gasteiger partial charge on any atom is 0.354 e. The van der Waals surface area contributed by atoms with Gasteiger partial charge in [0.05, 0.1) is 11.2 Å². The van der Waals surface area contributed by atoms with E-state index in [1.165, 1.54) is 10.1 Å². The van der Waals surface area contributed by atoms with Gasteiger partial charge in [-0.1, -0.05) is 12.1 Å². The highest BCUT2D eigenvalue weighted by Crippen LogP contribution is 2.25. The fraction of sp³-hybridized carbons (Fsp3) is 0.586. The summed E-state index contributed by atoms with van der Waals surface area (Å²) in [6.07, 6.45) is 6.02. The number of aromatic nitrogens is 2. The van der Waals surface area contributed by atoms with E-state index in [1.807, 2.05) is 12.1 Å². The van der Waals surface area contributed by atoms with Crippen LogP contribution in [-0.4, -0.2) is 86.0 Å². The molecule has 1 saturated heterocycles. The van der Waals surface area contributed by atoms with Gasteiger partial charge in [-0.25, -0.2) is 9.59 Å². The van der Waals surface area contributed by atoms with Crippen LogP contribution in [0.2, 0.25) is 0 Å². The first kappa shape index (κ1) is 29.7. The monoisotopic (exact) mass is 552 g/mol. The molecule has 0 atom stereocenters. The molecule has 11 nitrogen and oxygen atoms in total. The fourth-order valence-electron chi connectivity index (χ4n) is 5.52. The van der Waals surface area contributed by atoms with Crippen molar-refractivity contribution in [2.24, 2.45) is 11.5 Å². The Morgan fingerprint density at radius 2 is 1.62 bits per heavy atom. The highest BCUT2D eigenvalue weighted by Gasteiger charge is 2.31. The van der Waals surface area contributed by atoms with E-state index in [4.69, 9.17) is 11.5 Å². The van der Waals surface area contributed by atoms with Crippen LogP contribution in [0.3, 0.4) is 0 Å². The van der Waals surface area contributed by atoms with E-state index in [0.29, 0.717) is 50.0 Å². The third kappa shape index (κ3) is 7.26. The number of nitrogens with two attached hydrogens (primary N) is 2. The summed E-state index contributed by atoms with van der Waals surface area (Å²) in [5.74, 6) is 0.0433. The Bertz CT molecular complexity index is 1220. The molecule has 2 heterocycles. The van der Waals surface area contributed by atoms with Gasteiger partial charge in [0, 0.05) is 57.0 Å². The highest BCUT2D eigenvalue weighted by molar-refractivity contribution is 5.89. The smallest absolute Gasteiger partial charge is 0.338 e. The molecule has 1 aliphatic carbocycles. The molecular weight excluding hydrogens is 508 g/mol. The molecule has 4 rings (SSSR count). The number of benzene rings is 1. The number of urea groups is 1. The van der Waals surface area contributed by atoms with Gasteiger partial charge in [0.25, 0.3) is 0 Å². The molecule has 0 unspecified atom stereocenters. The molecule has 0 radical (unpaired) electrons. The Kier molecular flexibility index (Phi) is 9.27. The molecular formula is C29H44N8O3. The molecule has 40 heavy (non-hydrogen) atoms. The van der Waals surface area contributed by atoms with Crippen molar-refractivity contribution in [3.8, 4) is 5.69 Å². The number of hydrogen-bond donors (Lipinski definition) is 3. The summed E-state index contributed by atoms with van der Waals surface area (Å²) < 4.78 is 1.46. The largest absolute Gasteiger partial charge is 0.354 e. The number of rotatable bonds is 7. The maximum absolute atomic E-state index is 12.8. The molecule has 1 aliphatic heterocycles. The van der Waals surface area contributed by atoms with E-state index >= 15 is 0 Å². The van der Waals surface area contributed by atoms with Crippen LogP contribution in [0.1, 0.15) is 58.9 Å². The molecule has 2 aliphatic rings. The minimum Gasteiger partial charge on any atom is -0.338 e. The zero-order chi connectivity index (χ0) is 29.0. The van der Waals surface area contributed by atoms with Crippen molar-refractivity contribution in [1.82, 2.24) is 24.3 Å². The molecule has 5 N–H and O–H groups in total. The lowest BCUT2D eigenvalue weighted by Gasteiger charge is -2.38. The van der Waals surface area contributed by atoms with Gasteiger partial charge >= 0.3 is 11.7 Å². The number of piperazine rings is 1. The molecule has 218 valence electrons. The first-order valence-corrected chi connectivity index (χ1v) is 14.3. The minimum absolute atomic E-state index is 0.141. The van der Waals surface area contributed by atoms with Crippen LogP contribution in [-0.2, 0) is 11.3 Å². The second kappa shape index (κ2) is 12.5. The SMILES string of the molecule is CC(C)N(Cc1ccc(-n2ccc(NC(=O)N3CCN(C(=O)C(C)(C)N)CC3)nc2=O)cc1)[C@H]1CC[C@H](N)CC1. The van der Waals surface area contributed by atoms with Gasteiger partial charge in [0.15, 0.2) is 0 Å². The van der Waals surface area contributed by atoms with Gasteiger partial charge in [-0.3, -0.25) is 19.6 Å². The summed E-state index contributed by atoms with van der Waals surface area (Å²) in [7, 11) is 0. The van der Waals surface area contributed by atoms with Crippen LogP contribution < -0.4 is 22.5 Å². The number of nitrogens with zero attached hydrogens (tertiary/aromatic N) is 5. The molecule has 0 bridgehead atoms. The van der Waals surface area contributed by atoms with Crippen LogP contribution in [0.5, 0.6) is 0 Å². The Balaban J connectivity index is 1.34. The van der Waals surface area contributed by atoms with Crippen LogP contribution >= 0.6 is 0 Å². The van der Waals surface area contributed by atoms with Crippen molar-refractivity contribution in [3.63, 3.8) is 0 Å². The third-order valence-electron chi connectivity index (χ3n) is 7.90. The summed E-state index contributed by atoms with van der Waals surface area (Å²) in [6.45, 7) is 10.2. The predicted molar refractivity (Wildman–Crippen MR) is 156 cm³/mol. The first-order chi connectivity index (χ1) is 18.9. The number of nitrogens with one attached hydrogen (secondary N) is 1. The van der Waals surface area contributed by atoms with Gasteiger partial charge in [0.2, 0.25) is 5.91 Å². The van der Waals surface area contributed by atoms with Crippen LogP contribution in [0.15, 0.2) is 41.3 Å². The summed E-state index contributed by atoms with van der Waals surface area (Å²) in [4.78, 5) is 47.8. The van der Waals surface area contributed by atoms with Crippen molar-refractivity contribution in [2.45, 2.75) is 83.6 Å². The predicted octanol–water partition coefficient (Wildman–Crippen LogP) is 2.13. The zero-order valence-corrected chi connectivity index (χ0v) is 24.2. The zero-order valence-electron chi connectivity index (χ0n) is 24.2. The van der Waals surface area contributed by atoms with Crippen LogP contribution in [0, 0.1) is 0 Å². The first-order valence-electron chi connectivity index (χ1n) is 14.3. The summed E-state index contributed by atoms with van der Waals surface area (Å²) in [5.41, 5.74) is 12.5. The quantitative estimate of drug-likeness (QED) is 0.477. The molecule has 0 spiro atoms. The summed E-state index contributed by atoms with van der Waals surface area (Å²) in [6, 6.07) is 10.5. The van der Waals surface area contributed by atoms with E-state index < -0.39 is 11.2 Å². The maximum atomic E-state index is 12.8. The van der Waals surface area contributed by atoms with E-state index in [1.54, 1.807) is 35.9 Å². The molecule has 3 amide bonds. The standard InChI is InChI=1S/C29H44N8O3/c1-20(2)37(24-11-7-22(30)8-12-24)19-21-5-9-23(10-6-21)36-14-13-25(33-28(36)40)32-27(39)35-17-15-34(16-18-35)26(38)29(3,4)31/h5-6,9-10,13-14,20,22,24H,7-8,11-12,15-19,30-31H2,1-4H3,(H,32,33,39,40)/t22-,24-. The molecule has 1 saturated carbocycles. The lowest BCUT2D eigenvalue weighted by molar-refractivity contribution is -0.137. The van der Waals surface area contributed by atoms with Crippen molar-refractivity contribution < 1.29 is 9.59 Å². The topological polar surface area (TPSA) is 143 Å². The normalized spacial score (nSPS) is 20.2. The Morgan fingerprint density at radius 1 is 1.02 bits per heavy atom. The third-order valence-corrected chi connectivity index (χ3v) is 7.90. The number of anilines is 1. The van der Waals surface area contributed by atoms with E-state index in [2.05, 4.69) is 41.2 Å². The van der Waals surface area contributed by atoms with E-state index in [0.717, 1.165) is 32.2 Å². The van der Waals surface area contributed by atoms with E-state index in [9.17, 15) is 14.4 Å². The lowest BCUT2D eigenvalue weighted by Crippen LogP contribution is -2.58. The lowest BCUT2D eigenvalue weighted by atomic mass is 9.90. The molecule has 11 heteroatoms. The van der Waals surface area contributed by atoms with Crippen LogP contribution in [0.25, 0.3) is 5.69 Å². The van der Waals surface area contributed by atoms with Crippen molar-refractivity contribution in [2.75, 3.05) is 31.5 Å². The van der Waals surface area contributed by atoms with Gasteiger partial charge < -0.3 is 21.3 Å². The van der Waals surface area contributed by atoms with Gasteiger partial charge in [-0.15, -0.1) is 0 Å². The van der Waals surface area contributed by atoms with Crippen molar-refractivity contribution >= 4 is 17.8 Å². The van der Waals surface area contributed by atoms with E-state index in [-0.39, 0.29) is 17.8 Å². The Hall–Kier alpha value is -3.28.